The molecule has 44 heavy (non-hydrogen) atoms. The van der Waals surface area contributed by atoms with E-state index in [-0.39, 0.29) is 5.92 Å². The van der Waals surface area contributed by atoms with Gasteiger partial charge in [-0.05, 0) is 54.5 Å². The number of aromatic nitrogens is 5. The molecule has 0 saturated carbocycles. The molecule has 1 saturated heterocycles. The topological polar surface area (TPSA) is 121 Å². The molecule has 5 aromatic rings. The van der Waals surface area contributed by atoms with Crippen molar-refractivity contribution in [2.45, 2.75) is 39.2 Å². The molecule has 2 aromatic carbocycles. The van der Waals surface area contributed by atoms with Crippen molar-refractivity contribution in [3.63, 3.8) is 0 Å². The number of hydrogen-bond donors (Lipinski definition) is 3. The Balaban J connectivity index is 1.32. The molecule has 3 aromatic heterocycles. The monoisotopic (exact) mass is 591 g/mol. The summed E-state index contributed by atoms with van der Waals surface area (Å²) in [6, 6.07) is 15.3. The fourth-order valence-corrected chi connectivity index (χ4v) is 5.39. The third kappa shape index (κ3) is 6.18. The Morgan fingerprint density at radius 2 is 2.09 bits per heavy atom. The van der Waals surface area contributed by atoms with Gasteiger partial charge in [0, 0.05) is 53.6 Å². The number of amides is 1. The van der Waals surface area contributed by atoms with Gasteiger partial charge in [-0.15, -0.1) is 0 Å². The number of nitrogens with zero attached hydrogens (tertiary/aromatic N) is 6. The third-order valence-electron chi connectivity index (χ3n) is 7.72. The fourth-order valence-electron chi connectivity index (χ4n) is 5.39. The molecule has 10 nitrogen and oxygen atoms in total. The van der Waals surface area contributed by atoms with E-state index in [1.165, 1.54) is 0 Å². The maximum atomic E-state index is 13.2. The molecule has 3 N–H and O–H groups in total. The van der Waals surface area contributed by atoms with Gasteiger partial charge in [0.15, 0.2) is 11.5 Å². The maximum absolute atomic E-state index is 13.2. The molecule has 1 fully saturated rings. The van der Waals surface area contributed by atoms with E-state index in [2.05, 4.69) is 46.5 Å². The Morgan fingerprint density at radius 1 is 1.23 bits per heavy atom. The smallest absolute Gasteiger partial charge is 0.283 e. The van der Waals surface area contributed by atoms with Gasteiger partial charge in [-0.1, -0.05) is 50.8 Å². The molecule has 0 aliphatic carbocycles. The molecule has 11 heteroatoms. The van der Waals surface area contributed by atoms with E-state index in [0.717, 1.165) is 64.7 Å². The number of fused-ring (bicyclic) bond motifs is 2. The van der Waals surface area contributed by atoms with E-state index < -0.39 is 11.7 Å². The van der Waals surface area contributed by atoms with Crippen molar-refractivity contribution in [2.75, 3.05) is 23.7 Å². The van der Waals surface area contributed by atoms with Crippen LogP contribution in [0.4, 0.5) is 22.0 Å². The Morgan fingerprint density at radius 3 is 2.89 bits per heavy atom. The number of pyridine rings is 1. The number of benzene rings is 2. The molecule has 6 rings (SSSR count). The molecular formula is C33H34FN9O. The average Bonchev–Trinajstić information content (AvgIpc) is 3.47. The molecule has 1 unspecified atom stereocenters. The van der Waals surface area contributed by atoms with Crippen molar-refractivity contribution in [3.8, 4) is 11.3 Å². The van der Waals surface area contributed by atoms with Crippen molar-refractivity contribution in [3.05, 3.63) is 84.5 Å². The highest BCUT2D eigenvalue weighted by Gasteiger charge is 2.17. The van der Waals surface area contributed by atoms with E-state index in [0.29, 0.717) is 30.0 Å². The number of hydrogen-bond acceptors (Lipinski definition) is 8. The van der Waals surface area contributed by atoms with E-state index in [4.69, 9.17) is 15.0 Å². The maximum Gasteiger partial charge on any atom is 0.283 e. The second kappa shape index (κ2) is 12.7. The summed E-state index contributed by atoms with van der Waals surface area (Å²) < 4.78 is 15.0. The van der Waals surface area contributed by atoms with Crippen molar-refractivity contribution in [1.82, 2.24) is 29.9 Å². The summed E-state index contributed by atoms with van der Waals surface area (Å²) in [6.45, 7) is 9.68. The minimum atomic E-state index is -1.04. The third-order valence-corrected chi connectivity index (χ3v) is 7.72. The summed E-state index contributed by atoms with van der Waals surface area (Å²) in [4.78, 5) is 30.7. The summed E-state index contributed by atoms with van der Waals surface area (Å²) in [5.74, 6) is -0.379. The minimum Gasteiger partial charge on any atom is -0.350 e. The van der Waals surface area contributed by atoms with E-state index in [9.17, 15) is 9.18 Å². The van der Waals surface area contributed by atoms with Gasteiger partial charge in [-0.3, -0.25) is 9.78 Å². The number of aliphatic imine (C=N–C) groups is 1. The molecule has 0 bridgehead atoms. The normalized spacial score (nSPS) is 15.3. The number of anilines is 2. The number of nitrogens with one attached hydrogen (secondary N) is 3. The second-order valence-electron chi connectivity index (χ2n) is 11.2. The van der Waals surface area contributed by atoms with Gasteiger partial charge in [0.2, 0.25) is 5.95 Å². The summed E-state index contributed by atoms with van der Waals surface area (Å²) in [7, 11) is 0. The molecule has 1 atom stereocenters. The van der Waals surface area contributed by atoms with Crippen molar-refractivity contribution < 1.29 is 9.18 Å². The quantitative estimate of drug-likeness (QED) is 0.138. The largest absolute Gasteiger partial charge is 0.350 e. The van der Waals surface area contributed by atoms with Gasteiger partial charge in [0.1, 0.15) is 0 Å². The van der Waals surface area contributed by atoms with Crippen LogP contribution in [0.15, 0.2) is 78.3 Å². The molecule has 0 radical (unpaired) electrons. The van der Waals surface area contributed by atoms with Crippen LogP contribution in [0.5, 0.6) is 0 Å². The predicted octanol–water partition coefficient (Wildman–Crippen LogP) is 6.20. The second-order valence-corrected chi connectivity index (χ2v) is 11.2. The average molecular weight is 592 g/mol. The molecule has 4 heterocycles. The Hall–Kier alpha value is -5.03. The molecule has 1 amide bonds. The summed E-state index contributed by atoms with van der Waals surface area (Å²) in [5, 5.41) is 15.8. The van der Waals surface area contributed by atoms with Gasteiger partial charge in [-0.2, -0.15) is 19.6 Å². The van der Waals surface area contributed by atoms with Crippen LogP contribution in [0.1, 0.15) is 43.7 Å². The lowest BCUT2D eigenvalue weighted by Gasteiger charge is -2.18. The van der Waals surface area contributed by atoms with Crippen LogP contribution in [0.25, 0.3) is 27.7 Å². The zero-order valence-corrected chi connectivity index (χ0v) is 24.7. The first-order valence-electron chi connectivity index (χ1n) is 14.7. The van der Waals surface area contributed by atoms with Crippen LogP contribution in [0, 0.1) is 5.92 Å². The number of rotatable bonds is 9. The van der Waals surface area contributed by atoms with Crippen LogP contribution in [-0.2, 0) is 11.3 Å². The number of carbonyl (C=O) groups is 1. The van der Waals surface area contributed by atoms with Crippen LogP contribution < -0.4 is 16.0 Å². The lowest BCUT2D eigenvalue weighted by Crippen LogP contribution is -2.30. The molecule has 0 spiro atoms. The Kier molecular flexibility index (Phi) is 8.38. The van der Waals surface area contributed by atoms with Gasteiger partial charge in [-0.25, -0.2) is 9.38 Å². The van der Waals surface area contributed by atoms with Crippen LogP contribution in [0.3, 0.4) is 0 Å². The molecule has 1 aliphatic rings. The first-order valence-corrected chi connectivity index (χ1v) is 14.7. The van der Waals surface area contributed by atoms with Crippen LogP contribution >= 0.6 is 0 Å². The number of carbonyl (C=O) groups excluding carboxylic acids is 1. The first-order chi connectivity index (χ1) is 21.4. The Bertz CT molecular complexity index is 1870. The zero-order valence-electron chi connectivity index (χ0n) is 24.7. The highest BCUT2D eigenvalue weighted by atomic mass is 19.1. The fraction of sp³-hybridized carbons (Fsp3) is 0.273. The van der Waals surface area contributed by atoms with E-state index in [1.54, 1.807) is 22.8 Å². The highest BCUT2D eigenvalue weighted by molar-refractivity contribution is 6.04. The van der Waals surface area contributed by atoms with Crippen molar-refractivity contribution >= 4 is 46.1 Å². The summed E-state index contributed by atoms with van der Waals surface area (Å²) >= 11 is 0. The Labute approximate surface area is 254 Å². The van der Waals surface area contributed by atoms with Gasteiger partial charge >= 0.3 is 0 Å². The highest BCUT2D eigenvalue weighted by Crippen LogP contribution is 2.31. The van der Waals surface area contributed by atoms with Crippen LogP contribution in [0.2, 0.25) is 0 Å². The van der Waals surface area contributed by atoms with E-state index >= 15 is 0 Å². The minimum absolute atomic E-state index is 0.234. The molecule has 224 valence electrons. The van der Waals surface area contributed by atoms with Crippen LogP contribution in [-0.4, -0.2) is 49.8 Å². The first kappa shape index (κ1) is 29.1. The van der Waals surface area contributed by atoms with Gasteiger partial charge in [0.05, 0.1) is 11.9 Å². The number of piperidine rings is 1. The van der Waals surface area contributed by atoms with Gasteiger partial charge < -0.3 is 16.0 Å². The summed E-state index contributed by atoms with van der Waals surface area (Å²) in [5.41, 5.74) is 4.95. The van der Waals surface area contributed by atoms with Gasteiger partial charge in [0.25, 0.3) is 11.9 Å². The zero-order chi connectivity index (χ0) is 30.6. The summed E-state index contributed by atoms with van der Waals surface area (Å²) in [6.07, 6.45) is 7.74. The SMILES string of the molecule is C=C(F)C(=O)Nc1ccc2c(-c3ccccc3CNc3nc(/N=C/C4CCCNC4)nc4c(C(C)C)cnn34)nccc2c1. The molecule has 1 aliphatic heterocycles. The number of halogens is 1. The van der Waals surface area contributed by atoms with E-state index in [1.807, 2.05) is 48.8 Å². The van der Waals surface area contributed by atoms with Crippen molar-refractivity contribution in [1.29, 1.82) is 0 Å². The lowest BCUT2D eigenvalue weighted by atomic mass is 9.99. The lowest BCUT2D eigenvalue weighted by molar-refractivity contribution is -0.114. The van der Waals surface area contributed by atoms with Crippen molar-refractivity contribution in [2.24, 2.45) is 10.9 Å². The molecular weight excluding hydrogens is 557 g/mol. The predicted molar refractivity (Wildman–Crippen MR) is 172 cm³/mol. The standard InChI is InChI=1S/C33H34FN9O/c1-20(2)28-19-39-43-30(28)41-32(37-17-22-7-6-13-35-16-22)42-33(43)38-18-24-8-4-5-9-26(24)29-27-11-10-25(40-31(44)21(3)34)15-23(27)12-14-36-29/h4-5,8-12,14-15,17,19-20,22,35H,3,6-7,13,16,18H2,1-2H3,(H,40,44)(H,38,41,42)/b37-17+.